The van der Waals surface area contributed by atoms with Crippen LogP contribution >= 0.6 is 0 Å². The molecule has 0 spiro atoms. The molecule has 0 radical (unpaired) electrons. The number of pyridine rings is 1. The summed E-state index contributed by atoms with van der Waals surface area (Å²) in [6, 6.07) is 3.68. The quantitative estimate of drug-likeness (QED) is 0.879. The number of nitrogens with one attached hydrogen (secondary N) is 1. The lowest BCUT2D eigenvalue weighted by Gasteiger charge is -2.22. The number of carboxylic acid groups (broad SMARTS) is 1. The van der Waals surface area contributed by atoms with Gasteiger partial charge in [-0.2, -0.15) is 0 Å². The van der Waals surface area contributed by atoms with Crippen LogP contribution in [-0.2, 0) is 0 Å². The molecule has 136 valence electrons. The summed E-state index contributed by atoms with van der Waals surface area (Å²) in [7, 11) is 0. The summed E-state index contributed by atoms with van der Waals surface area (Å²) in [5.74, 6) is -1.15. The van der Waals surface area contributed by atoms with Gasteiger partial charge in [0, 0.05) is 36.8 Å². The van der Waals surface area contributed by atoms with Gasteiger partial charge < -0.3 is 19.9 Å². The standard InChI is InChI=1S/C19H20FN3O3/c20-16-15(22-7-10-5-6-21-14(10)9-22)4-3-12-17(16)23(11-1-2-11)8-13(18(12)24)19(25)26/h3-4,8,10-11,14,21H,1-2,5-7,9H2,(H,25,26). The maximum atomic E-state index is 15.5. The van der Waals surface area contributed by atoms with Gasteiger partial charge >= 0.3 is 5.97 Å². The first-order valence-electron chi connectivity index (χ1n) is 9.13. The number of aromatic nitrogens is 1. The topological polar surface area (TPSA) is 74.6 Å². The van der Waals surface area contributed by atoms with E-state index in [2.05, 4.69) is 5.32 Å². The van der Waals surface area contributed by atoms with Gasteiger partial charge in [-0.25, -0.2) is 9.18 Å². The highest BCUT2D eigenvalue weighted by Crippen LogP contribution is 2.39. The van der Waals surface area contributed by atoms with Gasteiger partial charge in [0.05, 0.1) is 11.2 Å². The third-order valence-electron chi connectivity index (χ3n) is 5.99. The van der Waals surface area contributed by atoms with Gasteiger partial charge in [-0.15, -0.1) is 0 Å². The van der Waals surface area contributed by atoms with E-state index in [-0.39, 0.29) is 22.5 Å². The Balaban J connectivity index is 1.68. The predicted octanol–water partition coefficient (Wildman–Crippen LogP) is 1.97. The molecule has 2 unspecified atom stereocenters. The van der Waals surface area contributed by atoms with Crippen LogP contribution in [0, 0.1) is 11.7 Å². The van der Waals surface area contributed by atoms with Gasteiger partial charge in [0.15, 0.2) is 5.82 Å². The van der Waals surface area contributed by atoms with Crippen LogP contribution in [0.1, 0.15) is 35.7 Å². The SMILES string of the molecule is O=C(O)c1cn(C2CC2)c2c(F)c(N3CC4CCNC4C3)ccc2c1=O. The zero-order valence-corrected chi connectivity index (χ0v) is 14.2. The van der Waals surface area contributed by atoms with Gasteiger partial charge in [0.2, 0.25) is 5.43 Å². The molecule has 1 saturated carbocycles. The molecule has 1 aliphatic carbocycles. The summed E-state index contributed by atoms with van der Waals surface area (Å²) in [5.41, 5.74) is -0.165. The van der Waals surface area contributed by atoms with Crippen LogP contribution in [0.2, 0.25) is 0 Å². The van der Waals surface area contributed by atoms with E-state index >= 15 is 4.39 Å². The van der Waals surface area contributed by atoms with E-state index in [9.17, 15) is 14.7 Å². The highest BCUT2D eigenvalue weighted by molar-refractivity contribution is 5.93. The summed E-state index contributed by atoms with van der Waals surface area (Å²) in [6.07, 6.45) is 4.17. The second kappa shape index (κ2) is 5.54. The monoisotopic (exact) mass is 357 g/mol. The van der Waals surface area contributed by atoms with E-state index in [1.165, 1.54) is 6.20 Å². The van der Waals surface area contributed by atoms with Crippen molar-refractivity contribution < 1.29 is 14.3 Å². The smallest absolute Gasteiger partial charge is 0.341 e. The molecule has 7 heteroatoms. The number of nitrogens with zero attached hydrogens (tertiary/aromatic N) is 2. The number of benzene rings is 1. The lowest BCUT2D eigenvalue weighted by atomic mass is 10.1. The Morgan fingerprint density at radius 1 is 1.23 bits per heavy atom. The number of anilines is 1. The molecule has 0 amide bonds. The minimum atomic E-state index is -1.27. The van der Waals surface area contributed by atoms with E-state index in [4.69, 9.17) is 0 Å². The number of halogens is 1. The number of aromatic carboxylic acids is 1. The first kappa shape index (κ1) is 15.8. The average Bonchev–Trinajstić information content (AvgIpc) is 3.22. The normalized spacial score (nSPS) is 25.0. The molecule has 2 atom stereocenters. The van der Waals surface area contributed by atoms with Crippen molar-refractivity contribution >= 4 is 22.6 Å². The van der Waals surface area contributed by atoms with E-state index in [1.54, 1.807) is 16.7 Å². The second-order valence-corrected chi connectivity index (χ2v) is 7.62. The van der Waals surface area contributed by atoms with Gasteiger partial charge in [0.25, 0.3) is 0 Å². The van der Waals surface area contributed by atoms with E-state index in [0.717, 1.165) is 38.9 Å². The molecule has 6 nitrogen and oxygen atoms in total. The molecular weight excluding hydrogens is 337 g/mol. The number of hydrogen-bond acceptors (Lipinski definition) is 4. The third-order valence-corrected chi connectivity index (χ3v) is 5.99. The van der Waals surface area contributed by atoms with Crippen molar-refractivity contribution in [2.75, 3.05) is 24.5 Å². The first-order valence-corrected chi connectivity index (χ1v) is 9.13. The first-order chi connectivity index (χ1) is 12.5. The van der Waals surface area contributed by atoms with Crippen molar-refractivity contribution in [2.24, 2.45) is 5.92 Å². The van der Waals surface area contributed by atoms with Gasteiger partial charge in [0.1, 0.15) is 5.56 Å². The van der Waals surface area contributed by atoms with Crippen LogP contribution in [0.4, 0.5) is 10.1 Å². The fraction of sp³-hybridized carbons (Fsp3) is 0.474. The molecule has 3 aliphatic rings. The zero-order valence-electron chi connectivity index (χ0n) is 14.2. The Labute approximate surface area is 149 Å². The Hall–Kier alpha value is -2.41. The van der Waals surface area contributed by atoms with Gasteiger partial charge in [-0.1, -0.05) is 0 Å². The maximum absolute atomic E-state index is 15.5. The number of rotatable bonds is 3. The van der Waals surface area contributed by atoms with E-state index in [0.29, 0.717) is 17.6 Å². The molecule has 1 aromatic carbocycles. The number of hydrogen-bond donors (Lipinski definition) is 2. The van der Waals surface area contributed by atoms with Crippen LogP contribution in [0.15, 0.2) is 23.1 Å². The van der Waals surface area contributed by atoms with Crippen molar-refractivity contribution in [3.8, 4) is 0 Å². The van der Waals surface area contributed by atoms with Crippen LogP contribution in [0.5, 0.6) is 0 Å². The highest BCUT2D eigenvalue weighted by Gasteiger charge is 2.37. The van der Waals surface area contributed by atoms with Crippen LogP contribution in [0.25, 0.3) is 10.9 Å². The summed E-state index contributed by atoms with van der Waals surface area (Å²) in [6.45, 7) is 2.58. The van der Waals surface area contributed by atoms with Crippen molar-refractivity contribution in [1.29, 1.82) is 0 Å². The zero-order chi connectivity index (χ0) is 18.0. The maximum Gasteiger partial charge on any atom is 0.341 e. The molecule has 5 rings (SSSR count). The Morgan fingerprint density at radius 2 is 2.04 bits per heavy atom. The molecule has 2 aromatic rings. The Morgan fingerprint density at radius 3 is 2.73 bits per heavy atom. The van der Waals surface area contributed by atoms with Crippen molar-refractivity contribution in [3.05, 3.63) is 39.9 Å². The second-order valence-electron chi connectivity index (χ2n) is 7.62. The minimum Gasteiger partial charge on any atom is -0.477 e. The molecule has 2 N–H and O–H groups in total. The van der Waals surface area contributed by atoms with Gasteiger partial charge in [-0.05, 0) is 43.9 Å². The molecule has 0 bridgehead atoms. The number of fused-ring (bicyclic) bond motifs is 2. The minimum absolute atomic E-state index is 0.0700. The Kier molecular flexibility index (Phi) is 3.37. The number of carbonyl (C=O) groups is 1. The summed E-state index contributed by atoms with van der Waals surface area (Å²) in [4.78, 5) is 26.0. The summed E-state index contributed by atoms with van der Waals surface area (Å²) in [5, 5.41) is 12.9. The van der Waals surface area contributed by atoms with Crippen LogP contribution < -0.4 is 15.6 Å². The summed E-state index contributed by atoms with van der Waals surface area (Å²) < 4.78 is 17.2. The largest absolute Gasteiger partial charge is 0.477 e. The fourth-order valence-corrected chi connectivity index (χ4v) is 4.48. The molecule has 3 fully saturated rings. The highest BCUT2D eigenvalue weighted by atomic mass is 19.1. The fourth-order valence-electron chi connectivity index (χ4n) is 4.48. The Bertz CT molecular complexity index is 970. The molecule has 2 saturated heterocycles. The van der Waals surface area contributed by atoms with Crippen LogP contribution in [-0.4, -0.2) is 41.3 Å². The van der Waals surface area contributed by atoms with Crippen molar-refractivity contribution in [1.82, 2.24) is 9.88 Å². The molecule has 26 heavy (non-hydrogen) atoms. The third kappa shape index (κ3) is 2.26. The molecule has 2 aliphatic heterocycles. The van der Waals surface area contributed by atoms with Gasteiger partial charge in [-0.3, -0.25) is 4.79 Å². The van der Waals surface area contributed by atoms with Crippen molar-refractivity contribution in [2.45, 2.75) is 31.3 Å². The van der Waals surface area contributed by atoms with Crippen LogP contribution in [0.3, 0.4) is 0 Å². The van der Waals surface area contributed by atoms with Crippen molar-refractivity contribution in [3.63, 3.8) is 0 Å². The molecule has 1 aromatic heterocycles. The predicted molar refractivity (Wildman–Crippen MR) is 95.5 cm³/mol. The summed E-state index contributed by atoms with van der Waals surface area (Å²) >= 11 is 0. The van der Waals surface area contributed by atoms with E-state index in [1.807, 2.05) is 4.90 Å². The number of carboxylic acids is 1. The lowest BCUT2D eigenvalue weighted by Crippen LogP contribution is -2.30. The molecule has 3 heterocycles. The average molecular weight is 357 g/mol. The lowest BCUT2D eigenvalue weighted by molar-refractivity contribution is 0.0695. The molecular formula is C19H20FN3O3. The van der Waals surface area contributed by atoms with E-state index < -0.39 is 17.2 Å².